The van der Waals surface area contributed by atoms with Crippen molar-refractivity contribution in [3.8, 4) is 33.9 Å². The van der Waals surface area contributed by atoms with Crippen LogP contribution in [0.15, 0.2) is 83.3 Å². The number of methoxy groups -OCH3 is 1. The molecule has 0 aliphatic carbocycles. The van der Waals surface area contributed by atoms with Crippen LogP contribution in [-0.4, -0.2) is 7.11 Å². The van der Waals surface area contributed by atoms with Gasteiger partial charge in [-0.25, -0.2) is 0 Å². The third-order valence-electron chi connectivity index (χ3n) is 5.15. The maximum Gasteiger partial charge on any atom is 0.182 e. The Morgan fingerprint density at radius 1 is 0.821 bits per heavy atom. The molecule has 1 aromatic heterocycles. The van der Waals surface area contributed by atoms with Crippen LogP contribution >= 0.6 is 0 Å². The summed E-state index contributed by atoms with van der Waals surface area (Å²) >= 11 is 0. The molecule has 138 valence electrons. The van der Waals surface area contributed by atoms with Crippen LogP contribution in [0.1, 0.15) is 23.0 Å². The molecular weight excluding hydrogens is 348 g/mol. The molecule has 0 spiro atoms. The van der Waals surface area contributed by atoms with Crippen molar-refractivity contribution in [3.05, 3.63) is 95.7 Å². The van der Waals surface area contributed by atoms with Crippen molar-refractivity contribution in [3.63, 3.8) is 0 Å². The average molecular weight is 368 g/mol. The lowest BCUT2D eigenvalue weighted by Gasteiger charge is -2.26. The second kappa shape index (κ2) is 6.61. The van der Waals surface area contributed by atoms with Gasteiger partial charge >= 0.3 is 0 Å². The molecule has 0 bridgehead atoms. The van der Waals surface area contributed by atoms with Gasteiger partial charge in [0.2, 0.25) is 0 Å². The van der Waals surface area contributed by atoms with E-state index in [2.05, 4.69) is 37.3 Å². The van der Waals surface area contributed by atoms with Crippen LogP contribution in [0.4, 0.5) is 0 Å². The number of ether oxygens (including phenoxy) is 2. The lowest BCUT2D eigenvalue weighted by molar-refractivity contribution is 0.212. The summed E-state index contributed by atoms with van der Waals surface area (Å²) in [4.78, 5) is 0. The third-order valence-corrected chi connectivity index (χ3v) is 5.15. The molecule has 3 aromatic carbocycles. The largest absolute Gasteiger partial charge is 0.497 e. The van der Waals surface area contributed by atoms with E-state index >= 15 is 0 Å². The quantitative estimate of drug-likeness (QED) is 0.418. The van der Waals surface area contributed by atoms with Gasteiger partial charge in [0.15, 0.2) is 11.9 Å². The number of fused-ring (bicyclic) bond motifs is 3. The minimum Gasteiger partial charge on any atom is -0.497 e. The standard InChI is InChI=1S/C25H20O3/c1-16-8-13-22-20(14-16)21-15-23(17-6-4-3-5-7-17)28-25(21)24(27-22)18-9-11-19(26-2)12-10-18/h3-15,24H,1-2H3. The predicted molar refractivity (Wildman–Crippen MR) is 110 cm³/mol. The number of aryl methyl sites for hydroxylation is 1. The highest BCUT2D eigenvalue weighted by Gasteiger charge is 2.32. The second-order valence-corrected chi connectivity index (χ2v) is 7.03. The van der Waals surface area contributed by atoms with Crippen LogP contribution in [0.2, 0.25) is 0 Å². The van der Waals surface area contributed by atoms with Crippen molar-refractivity contribution in [2.75, 3.05) is 7.11 Å². The van der Waals surface area contributed by atoms with E-state index in [1.807, 2.05) is 48.5 Å². The van der Waals surface area contributed by atoms with Crippen molar-refractivity contribution >= 4 is 0 Å². The zero-order chi connectivity index (χ0) is 19.1. The lowest BCUT2D eigenvalue weighted by atomic mass is 9.94. The highest BCUT2D eigenvalue weighted by molar-refractivity contribution is 5.79. The van der Waals surface area contributed by atoms with Crippen LogP contribution in [-0.2, 0) is 0 Å². The third kappa shape index (κ3) is 2.76. The minimum absolute atomic E-state index is 0.298. The van der Waals surface area contributed by atoms with Crippen molar-refractivity contribution in [2.24, 2.45) is 0 Å². The van der Waals surface area contributed by atoms with Crippen molar-refractivity contribution in [1.29, 1.82) is 0 Å². The summed E-state index contributed by atoms with van der Waals surface area (Å²) in [6.45, 7) is 2.09. The number of hydrogen-bond acceptors (Lipinski definition) is 3. The smallest absolute Gasteiger partial charge is 0.182 e. The first-order valence-electron chi connectivity index (χ1n) is 9.34. The number of furan rings is 1. The fourth-order valence-corrected chi connectivity index (χ4v) is 3.69. The summed E-state index contributed by atoms with van der Waals surface area (Å²) < 4.78 is 18.0. The van der Waals surface area contributed by atoms with E-state index in [9.17, 15) is 0 Å². The maximum absolute atomic E-state index is 6.39. The molecule has 3 nitrogen and oxygen atoms in total. The normalized spacial score (nSPS) is 14.7. The molecule has 1 atom stereocenters. The van der Waals surface area contributed by atoms with Gasteiger partial charge in [-0.15, -0.1) is 0 Å². The van der Waals surface area contributed by atoms with Crippen LogP contribution in [0, 0.1) is 6.92 Å². The first-order valence-corrected chi connectivity index (χ1v) is 9.34. The van der Waals surface area contributed by atoms with Crippen molar-refractivity contribution < 1.29 is 13.9 Å². The van der Waals surface area contributed by atoms with E-state index in [1.165, 1.54) is 5.56 Å². The molecule has 5 rings (SSSR count). The van der Waals surface area contributed by atoms with E-state index in [-0.39, 0.29) is 6.10 Å². The fourth-order valence-electron chi connectivity index (χ4n) is 3.69. The van der Waals surface area contributed by atoms with Gasteiger partial charge in [0.05, 0.1) is 7.11 Å². The monoisotopic (exact) mass is 368 g/mol. The molecule has 0 radical (unpaired) electrons. The van der Waals surface area contributed by atoms with Crippen LogP contribution in [0.3, 0.4) is 0 Å². The average Bonchev–Trinajstić information content (AvgIpc) is 3.20. The van der Waals surface area contributed by atoms with Crippen molar-refractivity contribution in [2.45, 2.75) is 13.0 Å². The van der Waals surface area contributed by atoms with Gasteiger partial charge < -0.3 is 13.9 Å². The van der Waals surface area contributed by atoms with E-state index in [4.69, 9.17) is 13.9 Å². The molecule has 0 saturated heterocycles. The van der Waals surface area contributed by atoms with Gasteiger partial charge in [-0.05, 0) is 37.3 Å². The zero-order valence-corrected chi connectivity index (χ0v) is 15.8. The Hall–Kier alpha value is -3.46. The highest BCUT2D eigenvalue weighted by Crippen LogP contribution is 2.48. The number of rotatable bonds is 3. The Balaban J connectivity index is 1.68. The van der Waals surface area contributed by atoms with Gasteiger partial charge in [-0.2, -0.15) is 0 Å². The Morgan fingerprint density at radius 2 is 1.61 bits per heavy atom. The second-order valence-electron chi connectivity index (χ2n) is 7.03. The molecule has 0 amide bonds. The molecule has 1 aliphatic heterocycles. The van der Waals surface area contributed by atoms with Gasteiger partial charge in [-0.3, -0.25) is 0 Å². The fraction of sp³-hybridized carbons (Fsp3) is 0.120. The topological polar surface area (TPSA) is 31.6 Å². The van der Waals surface area contributed by atoms with Crippen LogP contribution in [0.25, 0.3) is 22.5 Å². The molecule has 0 N–H and O–H groups in total. The van der Waals surface area contributed by atoms with Gasteiger partial charge in [0.25, 0.3) is 0 Å². The summed E-state index contributed by atoms with van der Waals surface area (Å²) in [5.74, 6) is 3.38. The molecular formula is C25H20O3. The zero-order valence-electron chi connectivity index (χ0n) is 15.8. The van der Waals surface area contributed by atoms with Crippen LogP contribution in [0.5, 0.6) is 11.5 Å². The van der Waals surface area contributed by atoms with E-state index < -0.39 is 0 Å². The molecule has 0 saturated carbocycles. The number of hydrogen-bond donors (Lipinski definition) is 0. The first-order chi connectivity index (χ1) is 13.7. The van der Waals surface area contributed by atoms with E-state index in [0.29, 0.717) is 0 Å². The van der Waals surface area contributed by atoms with Crippen LogP contribution < -0.4 is 9.47 Å². The molecule has 0 fully saturated rings. The van der Waals surface area contributed by atoms with Gasteiger partial charge in [0, 0.05) is 22.3 Å². The molecule has 2 heterocycles. The maximum atomic E-state index is 6.39. The number of benzene rings is 3. The predicted octanol–water partition coefficient (Wildman–Crippen LogP) is 6.41. The molecule has 3 heteroatoms. The Bertz CT molecular complexity index is 1120. The Labute approximate surface area is 164 Å². The lowest BCUT2D eigenvalue weighted by Crippen LogP contribution is -2.14. The van der Waals surface area contributed by atoms with E-state index in [0.717, 1.165) is 45.3 Å². The first kappa shape index (κ1) is 16.7. The molecule has 4 aromatic rings. The Kier molecular flexibility index (Phi) is 3.94. The van der Waals surface area contributed by atoms with Gasteiger partial charge in [0.1, 0.15) is 17.3 Å². The SMILES string of the molecule is COc1ccc(C2Oc3ccc(C)cc3-c3cc(-c4ccccc4)oc32)cc1. The summed E-state index contributed by atoms with van der Waals surface area (Å²) in [5.41, 5.74) is 5.44. The summed E-state index contributed by atoms with van der Waals surface area (Å²) in [6.07, 6.45) is -0.298. The van der Waals surface area contributed by atoms with Gasteiger partial charge in [-0.1, -0.05) is 54.1 Å². The van der Waals surface area contributed by atoms with E-state index in [1.54, 1.807) is 7.11 Å². The van der Waals surface area contributed by atoms with Crippen molar-refractivity contribution in [1.82, 2.24) is 0 Å². The summed E-state index contributed by atoms with van der Waals surface area (Å²) in [7, 11) is 1.67. The molecule has 28 heavy (non-hydrogen) atoms. The summed E-state index contributed by atoms with van der Waals surface area (Å²) in [5, 5.41) is 0. The Morgan fingerprint density at radius 3 is 2.36 bits per heavy atom. The highest BCUT2D eigenvalue weighted by atomic mass is 16.5. The molecule has 1 aliphatic rings. The molecule has 1 unspecified atom stereocenters. The summed E-state index contributed by atoms with van der Waals surface area (Å²) in [6, 6.07) is 26.5. The minimum atomic E-state index is -0.298.